The number of aromatic nitrogens is 1. The fourth-order valence-electron chi connectivity index (χ4n) is 3.85. The molecule has 2 aromatic carbocycles. The third kappa shape index (κ3) is 3.66. The van der Waals surface area contributed by atoms with Gasteiger partial charge in [0.1, 0.15) is 6.54 Å². The van der Waals surface area contributed by atoms with Crippen LogP contribution in [0.5, 0.6) is 0 Å². The van der Waals surface area contributed by atoms with Crippen LogP contribution in [0, 0.1) is 0 Å². The summed E-state index contributed by atoms with van der Waals surface area (Å²) >= 11 is 1.60. The minimum absolute atomic E-state index is 0.320. The Hall–Kier alpha value is -3.30. The molecule has 3 amide bonds. The van der Waals surface area contributed by atoms with E-state index in [1.54, 1.807) is 41.7 Å². The molecular formula is C22H21N5O3S. The van der Waals surface area contributed by atoms with Gasteiger partial charge in [-0.2, -0.15) is 0 Å². The maximum Gasteiger partial charge on any atom is 0.262 e. The Morgan fingerprint density at radius 2 is 1.71 bits per heavy atom. The van der Waals surface area contributed by atoms with Gasteiger partial charge in [0.25, 0.3) is 11.8 Å². The third-order valence-corrected chi connectivity index (χ3v) is 6.69. The molecule has 1 N–H and O–H groups in total. The van der Waals surface area contributed by atoms with Gasteiger partial charge in [0.15, 0.2) is 5.13 Å². The van der Waals surface area contributed by atoms with Crippen molar-refractivity contribution in [3.8, 4) is 0 Å². The number of carbonyl (C=O) groups is 3. The standard InChI is InChI=1S/C22H21N5O3S/c1-25-8-10-26(11-9-25)22-24-17-7-6-14(12-18(17)31-22)23-19(28)13-27-20(29)15-4-2-3-5-16(15)21(27)30/h2-7,12H,8-11,13H2,1H3,(H,23,28). The molecule has 31 heavy (non-hydrogen) atoms. The molecule has 0 atom stereocenters. The van der Waals surface area contributed by atoms with Gasteiger partial charge < -0.3 is 15.1 Å². The summed E-state index contributed by atoms with van der Waals surface area (Å²) in [6.07, 6.45) is 0. The molecule has 0 bridgehead atoms. The number of fused-ring (bicyclic) bond motifs is 2. The van der Waals surface area contributed by atoms with Gasteiger partial charge >= 0.3 is 0 Å². The molecule has 0 radical (unpaired) electrons. The predicted octanol–water partition coefficient (Wildman–Crippen LogP) is 2.28. The average molecular weight is 436 g/mol. The van der Waals surface area contributed by atoms with E-state index in [0.29, 0.717) is 16.8 Å². The second kappa shape index (κ2) is 7.75. The van der Waals surface area contributed by atoms with Crippen LogP contribution in [0.25, 0.3) is 10.2 Å². The molecule has 0 saturated carbocycles. The molecule has 2 aliphatic heterocycles. The number of likely N-dealkylation sites (N-methyl/N-ethyl adjacent to an activating group) is 1. The van der Waals surface area contributed by atoms with E-state index in [1.165, 1.54) is 0 Å². The Kier molecular flexibility index (Phi) is 4.91. The summed E-state index contributed by atoms with van der Waals surface area (Å²) < 4.78 is 0.979. The fraction of sp³-hybridized carbons (Fsp3) is 0.273. The van der Waals surface area contributed by atoms with Gasteiger partial charge in [-0.05, 0) is 37.4 Å². The van der Waals surface area contributed by atoms with E-state index in [2.05, 4.69) is 22.2 Å². The van der Waals surface area contributed by atoms with E-state index in [9.17, 15) is 14.4 Å². The molecule has 5 rings (SSSR count). The molecule has 3 heterocycles. The zero-order valence-corrected chi connectivity index (χ0v) is 17.8. The van der Waals surface area contributed by atoms with Crippen molar-refractivity contribution < 1.29 is 14.4 Å². The number of nitrogens with one attached hydrogen (secondary N) is 1. The Morgan fingerprint density at radius 3 is 2.39 bits per heavy atom. The van der Waals surface area contributed by atoms with Crippen LogP contribution >= 0.6 is 11.3 Å². The van der Waals surface area contributed by atoms with Crippen molar-refractivity contribution in [2.75, 3.05) is 50.0 Å². The summed E-state index contributed by atoms with van der Waals surface area (Å²) in [4.78, 5) is 47.7. The number of hydrogen-bond acceptors (Lipinski definition) is 7. The van der Waals surface area contributed by atoms with Gasteiger partial charge in [-0.1, -0.05) is 23.5 Å². The van der Waals surface area contributed by atoms with Crippen molar-refractivity contribution in [1.82, 2.24) is 14.8 Å². The van der Waals surface area contributed by atoms with E-state index >= 15 is 0 Å². The number of anilines is 2. The molecule has 1 aromatic heterocycles. The van der Waals surface area contributed by atoms with Gasteiger partial charge in [0.2, 0.25) is 5.91 Å². The molecule has 1 saturated heterocycles. The lowest BCUT2D eigenvalue weighted by molar-refractivity contribution is -0.116. The lowest BCUT2D eigenvalue weighted by Crippen LogP contribution is -2.44. The van der Waals surface area contributed by atoms with E-state index in [4.69, 9.17) is 4.98 Å². The van der Waals surface area contributed by atoms with E-state index in [0.717, 1.165) is 46.4 Å². The summed E-state index contributed by atoms with van der Waals surface area (Å²) in [6.45, 7) is 3.59. The third-order valence-electron chi connectivity index (χ3n) is 5.61. The molecule has 8 nitrogen and oxygen atoms in total. The van der Waals surface area contributed by atoms with Gasteiger partial charge in [0.05, 0.1) is 21.3 Å². The Labute approximate surface area is 183 Å². The monoisotopic (exact) mass is 435 g/mol. The second-order valence-corrected chi connectivity index (χ2v) is 8.77. The molecule has 3 aromatic rings. The number of imide groups is 1. The quantitative estimate of drug-likeness (QED) is 0.633. The van der Waals surface area contributed by atoms with Crippen molar-refractivity contribution >= 4 is 50.1 Å². The van der Waals surface area contributed by atoms with Crippen LogP contribution in [0.3, 0.4) is 0 Å². The molecule has 9 heteroatoms. The molecule has 0 aliphatic carbocycles. The highest BCUT2D eigenvalue weighted by molar-refractivity contribution is 7.22. The van der Waals surface area contributed by atoms with E-state index < -0.39 is 17.7 Å². The number of rotatable bonds is 4. The lowest BCUT2D eigenvalue weighted by atomic mass is 10.1. The maximum absolute atomic E-state index is 12.5. The highest BCUT2D eigenvalue weighted by Crippen LogP contribution is 2.31. The van der Waals surface area contributed by atoms with Crippen molar-refractivity contribution in [1.29, 1.82) is 0 Å². The minimum atomic E-state index is -0.439. The van der Waals surface area contributed by atoms with Gasteiger partial charge in [-0.15, -0.1) is 0 Å². The van der Waals surface area contributed by atoms with Crippen molar-refractivity contribution in [3.63, 3.8) is 0 Å². The van der Waals surface area contributed by atoms with Gasteiger partial charge in [-0.3, -0.25) is 19.3 Å². The summed E-state index contributed by atoms with van der Waals surface area (Å²) in [6, 6.07) is 12.2. The zero-order chi connectivity index (χ0) is 21.5. The smallest absolute Gasteiger partial charge is 0.262 e. The van der Waals surface area contributed by atoms with E-state index in [-0.39, 0.29) is 6.54 Å². The molecule has 0 unspecified atom stereocenters. The van der Waals surface area contributed by atoms with Crippen LogP contribution in [0.2, 0.25) is 0 Å². The molecule has 1 fully saturated rings. The number of nitrogens with zero attached hydrogens (tertiary/aromatic N) is 4. The normalized spacial score (nSPS) is 16.8. The highest BCUT2D eigenvalue weighted by Gasteiger charge is 2.36. The number of hydrogen-bond donors (Lipinski definition) is 1. The van der Waals surface area contributed by atoms with E-state index in [1.807, 2.05) is 12.1 Å². The zero-order valence-electron chi connectivity index (χ0n) is 17.0. The number of carbonyl (C=O) groups excluding carboxylic acids is 3. The van der Waals surface area contributed by atoms with Crippen molar-refractivity contribution in [2.24, 2.45) is 0 Å². The molecule has 158 valence electrons. The van der Waals surface area contributed by atoms with Crippen LogP contribution in [0.1, 0.15) is 20.7 Å². The predicted molar refractivity (Wildman–Crippen MR) is 120 cm³/mol. The first-order chi connectivity index (χ1) is 15.0. The largest absolute Gasteiger partial charge is 0.345 e. The average Bonchev–Trinajstić information content (AvgIpc) is 3.29. The Morgan fingerprint density at radius 1 is 1.03 bits per heavy atom. The van der Waals surface area contributed by atoms with Gasteiger partial charge in [0, 0.05) is 31.9 Å². The number of amides is 3. The van der Waals surface area contributed by atoms with Crippen LogP contribution in [-0.4, -0.2) is 72.3 Å². The van der Waals surface area contributed by atoms with Crippen LogP contribution in [0.4, 0.5) is 10.8 Å². The first-order valence-electron chi connectivity index (χ1n) is 10.1. The minimum Gasteiger partial charge on any atom is -0.345 e. The number of piperazine rings is 1. The molecule has 2 aliphatic rings. The second-order valence-electron chi connectivity index (χ2n) is 7.76. The van der Waals surface area contributed by atoms with Crippen LogP contribution in [0.15, 0.2) is 42.5 Å². The Bertz CT molecular complexity index is 1160. The fourth-order valence-corrected chi connectivity index (χ4v) is 4.91. The van der Waals surface area contributed by atoms with Crippen LogP contribution in [-0.2, 0) is 4.79 Å². The molecule has 0 spiro atoms. The number of benzene rings is 2. The van der Waals surface area contributed by atoms with Crippen molar-refractivity contribution in [2.45, 2.75) is 0 Å². The topological polar surface area (TPSA) is 85.8 Å². The summed E-state index contributed by atoms with van der Waals surface area (Å²) in [5.74, 6) is -1.30. The summed E-state index contributed by atoms with van der Waals surface area (Å²) in [5.41, 5.74) is 2.17. The summed E-state index contributed by atoms with van der Waals surface area (Å²) in [7, 11) is 2.12. The Balaban J connectivity index is 1.28. The number of thiazole rings is 1. The van der Waals surface area contributed by atoms with Crippen molar-refractivity contribution in [3.05, 3.63) is 53.6 Å². The van der Waals surface area contributed by atoms with Gasteiger partial charge in [-0.25, -0.2) is 4.98 Å². The lowest BCUT2D eigenvalue weighted by Gasteiger charge is -2.31. The summed E-state index contributed by atoms with van der Waals surface area (Å²) in [5, 5.41) is 3.78. The first kappa shape index (κ1) is 19.7. The maximum atomic E-state index is 12.5. The SMILES string of the molecule is CN1CCN(c2nc3ccc(NC(=O)CN4C(=O)c5ccccc5C4=O)cc3s2)CC1. The first-order valence-corrected chi connectivity index (χ1v) is 10.9. The van der Waals surface area contributed by atoms with Crippen LogP contribution < -0.4 is 10.2 Å². The highest BCUT2D eigenvalue weighted by atomic mass is 32.1. The molecular weight excluding hydrogens is 414 g/mol.